The van der Waals surface area contributed by atoms with Gasteiger partial charge in [0, 0.05) is 23.9 Å². The van der Waals surface area contributed by atoms with Gasteiger partial charge in [0.2, 0.25) is 0 Å². The van der Waals surface area contributed by atoms with Gasteiger partial charge in [-0.15, -0.1) is 0 Å². The molecular formula is C25H27N3O4S. The highest BCUT2D eigenvalue weighted by Crippen LogP contribution is 2.27. The quantitative estimate of drug-likeness (QED) is 0.589. The van der Waals surface area contributed by atoms with E-state index < -0.39 is 10.0 Å². The SMILES string of the molecule is C=C1C=CC=CC1=N/C(Nc1cc(OC)cc(OC)c1)=C(\C)NS(=O)(=O)c1cccc(C)c1. The maximum Gasteiger partial charge on any atom is 0.261 e. The summed E-state index contributed by atoms with van der Waals surface area (Å²) in [5, 5.41) is 3.19. The number of anilines is 1. The van der Waals surface area contributed by atoms with Crippen LogP contribution in [0.3, 0.4) is 0 Å². The van der Waals surface area contributed by atoms with E-state index >= 15 is 0 Å². The van der Waals surface area contributed by atoms with Crippen LogP contribution in [0.15, 0.2) is 100 Å². The van der Waals surface area contributed by atoms with Gasteiger partial charge in [0.05, 0.1) is 30.5 Å². The van der Waals surface area contributed by atoms with E-state index in [-0.39, 0.29) is 4.90 Å². The zero-order valence-electron chi connectivity index (χ0n) is 19.0. The molecule has 2 aromatic carbocycles. The summed E-state index contributed by atoms with van der Waals surface area (Å²) in [6.45, 7) is 7.48. The van der Waals surface area contributed by atoms with Crippen molar-refractivity contribution >= 4 is 21.4 Å². The van der Waals surface area contributed by atoms with E-state index in [1.807, 2.05) is 31.2 Å². The predicted molar refractivity (Wildman–Crippen MR) is 132 cm³/mol. The minimum atomic E-state index is -3.82. The van der Waals surface area contributed by atoms with E-state index in [9.17, 15) is 8.42 Å². The molecular weight excluding hydrogens is 438 g/mol. The van der Waals surface area contributed by atoms with Crippen LogP contribution < -0.4 is 19.5 Å². The molecule has 2 aromatic rings. The topological polar surface area (TPSA) is 89.0 Å². The van der Waals surface area contributed by atoms with Crippen LogP contribution in [-0.2, 0) is 10.0 Å². The number of nitrogens with zero attached hydrogens (tertiary/aromatic N) is 1. The number of rotatable bonds is 8. The van der Waals surface area contributed by atoms with E-state index in [1.54, 1.807) is 63.6 Å². The van der Waals surface area contributed by atoms with E-state index in [2.05, 4.69) is 21.6 Å². The van der Waals surface area contributed by atoms with Crippen molar-refractivity contribution < 1.29 is 17.9 Å². The van der Waals surface area contributed by atoms with Crippen LogP contribution in [-0.4, -0.2) is 28.3 Å². The van der Waals surface area contributed by atoms with Crippen molar-refractivity contribution in [2.45, 2.75) is 18.7 Å². The van der Waals surface area contributed by atoms with Gasteiger partial charge in [-0.25, -0.2) is 13.4 Å². The molecule has 0 unspecified atom stereocenters. The monoisotopic (exact) mass is 465 g/mol. The lowest BCUT2D eigenvalue weighted by Gasteiger charge is -2.16. The number of aryl methyl sites for hydroxylation is 1. The lowest BCUT2D eigenvalue weighted by molar-refractivity contribution is 0.395. The third-order valence-corrected chi connectivity index (χ3v) is 6.23. The molecule has 0 aromatic heterocycles. The Morgan fingerprint density at radius 2 is 1.67 bits per heavy atom. The van der Waals surface area contributed by atoms with Crippen LogP contribution in [0.5, 0.6) is 11.5 Å². The van der Waals surface area contributed by atoms with Crippen molar-refractivity contribution in [3.63, 3.8) is 0 Å². The Kier molecular flexibility index (Phi) is 7.40. The molecule has 0 aliphatic heterocycles. The summed E-state index contributed by atoms with van der Waals surface area (Å²) in [6, 6.07) is 12.0. The fourth-order valence-electron chi connectivity index (χ4n) is 3.05. The molecule has 33 heavy (non-hydrogen) atoms. The van der Waals surface area contributed by atoms with E-state index in [4.69, 9.17) is 9.47 Å². The predicted octanol–water partition coefficient (Wildman–Crippen LogP) is 4.71. The molecule has 0 heterocycles. The Morgan fingerprint density at radius 1 is 1.00 bits per heavy atom. The standard InChI is InChI=1S/C25H27N3O4S/c1-17-9-8-11-23(13-17)33(29,30)28-19(3)25(27-24-12-7-6-10-18(24)2)26-20-14-21(31-4)16-22(15-20)32-5/h6-16,26,28H,2H2,1,3-5H3/b25-19+,27-24?. The first-order chi connectivity index (χ1) is 15.7. The second-order valence-electron chi connectivity index (χ2n) is 7.36. The number of nitrogens with one attached hydrogen (secondary N) is 2. The fourth-order valence-corrected chi connectivity index (χ4v) is 4.27. The summed E-state index contributed by atoms with van der Waals surface area (Å²) in [4.78, 5) is 4.83. The van der Waals surface area contributed by atoms with Gasteiger partial charge in [0.15, 0.2) is 5.82 Å². The van der Waals surface area contributed by atoms with Gasteiger partial charge in [-0.05, 0) is 43.2 Å². The van der Waals surface area contributed by atoms with Gasteiger partial charge in [0.25, 0.3) is 10.0 Å². The molecule has 7 nitrogen and oxygen atoms in total. The number of benzene rings is 2. The molecule has 0 amide bonds. The minimum absolute atomic E-state index is 0.168. The third-order valence-electron chi connectivity index (χ3n) is 4.78. The van der Waals surface area contributed by atoms with Crippen LogP contribution in [0.4, 0.5) is 5.69 Å². The van der Waals surface area contributed by atoms with E-state index in [0.29, 0.717) is 40.0 Å². The summed E-state index contributed by atoms with van der Waals surface area (Å²) < 4.78 is 39.3. The average Bonchev–Trinajstić information content (AvgIpc) is 2.79. The fraction of sp³-hybridized carbons (Fsp3) is 0.160. The maximum atomic E-state index is 13.0. The van der Waals surface area contributed by atoms with Gasteiger partial charge < -0.3 is 14.8 Å². The molecule has 0 saturated carbocycles. The molecule has 3 rings (SSSR count). The van der Waals surface area contributed by atoms with Gasteiger partial charge in [-0.2, -0.15) is 0 Å². The number of methoxy groups -OCH3 is 2. The van der Waals surface area contributed by atoms with E-state index in [0.717, 1.165) is 5.56 Å². The first-order valence-electron chi connectivity index (χ1n) is 10.1. The second-order valence-corrected chi connectivity index (χ2v) is 9.04. The Labute approximate surface area is 194 Å². The molecule has 0 saturated heterocycles. The number of sulfonamides is 1. The van der Waals surface area contributed by atoms with Crippen LogP contribution in [0, 0.1) is 6.92 Å². The van der Waals surface area contributed by atoms with Crippen LogP contribution >= 0.6 is 0 Å². The Hall–Kier alpha value is -3.78. The maximum absolute atomic E-state index is 13.0. The number of ether oxygens (including phenoxy) is 2. The minimum Gasteiger partial charge on any atom is -0.497 e. The van der Waals surface area contributed by atoms with Crippen molar-refractivity contribution in [3.8, 4) is 11.5 Å². The molecule has 0 bridgehead atoms. The molecule has 1 aliphatic rings. The van der Waals surface area contributed by atoms with Crippen molar-refractivity contribution in [1.29, 1.82) is 0 Å². The summed E-state index contributed by atoms with van der Waals surface area (Å²) >= 11 is 0. The zero-order valence-corrected chi connectivity index (χ0v) is 19.9. The zero-order chi connectivity index (χ0) is 24.0. The molecule has 172 valence electrons. The van der Waals surface area contributed by atoms with Crippen molar-refractivity contribution in [1.82, 2.24) is 4.72 Å². The van der Waals surface area contributed by atoms with Crippen molar-refractivity contribution in [2.75, 3.05) is 19.5 Å². The summed E-state index contributed by atoms with van der Waals surface area (Å²) in [5.41, 5.74) is 3.07. The molecule has 1 aliphatic carbocycles. The first kappa shape index (κ1) is 23.9. The normalized spacial score (nSPS) is 15.3. The smallest absolute Gasteiger partial charge is 0.261 e. The van der Waals surface area contributed by atoms with Gasteiger partial charge in [0.1, 0.15) is 11.5 Å². The van der Waals surface area contributed by atoms with E-state index in [1.165, 1.54) is 0 Å². The molecule has 0 radical (unpaired) electrons. The summed E-state index contributed by atoms with van der Waals surface area (Å²) in [5.74, 6) is 1.45. The lowest BCUT2D eigenvalue weighted by Crippen LogP contribution is -2.24. The van der Waals surface area contributed by atoms with Gasteiger partial charge in [-0.3, -0.25) is 4.72 Å². The highest BCUT2D eigenvalue weighted by molar-refractivity contribution is 7.89. The molecule has 0 spiro atoms. The van der Waals surface area contributed by atoms with Crippen molar-refractivity contribution in [2.24, 2.45) is 4.99 Å². The number of allylic oxidation sites excluding steroid dienone is 6. The first-order valence-corrected chi connectivity index (χ1v) is 11.6. The lowest BCUT2D eigenvalue weighted by atomic mass is 10.1. The molecule has 0 fully saturated rings. The average molecular weight is 466 g/mol. The van der Waals surface area contributed by atoms with Crippen molar-refractivity contribution in [3.05, 3.63) is 96.0 Å². The van der Waals surface area contributed by atoms with Crippen LogP contribution in [0.2, 0.25) is 0 Å². The van der Waals surface area contributed by atoms with Gasteiger partial charge >= 0.3 is 0 Å². The largest absolute Gasteiger partial charge is 0.497 e. The number of hydrogen-bond donors (Lipinski definition) is 2. The third kappa shape index (κ3) is 6.14. The van der Waals surface area contributed by atoms with Crippen LogP contribution in [0.25, 0.3) is 0 Å². The van der Waals surface area contributed by atoms with Crippen LogP contribution in [0.1, 0.15) is 12.5 Å². The highest BCUT2D eigenvalue weighted by Gasteiger charge is 2.17. The number of hydrogen-bond acceptors (Lipinski definition) is 6. The Balaban J connectivity index is 2.05. The summed E-state index contributed by atoms with van der Waals surface area (Å²) in [7, 11) is -0.709. The van der Waals surface area contributed by atoms with Gasteiger partial charge in [-0.1, -0.05) is 36.9 Å². The second kappa shape index (κ2) is 10.2. The number of aliphatic imine (C=N–C) groups is 1. The highest BCUT2D eigenvalue weighted by atomic mass is 32.2. The molecule has 2 N–H and O–H groups in total. The Morgan fingerprint density at radius 3 is 2.27 bits per heavy atom. The Bertz CT molecular complexity index is 1270. The molecule has 8 heteroatoms. The summed E-state index contributed by atoms with van der Waals surface area (Å²) in [6.07, 6.45) is 7.33. The molecule has 0 atom stereocenters.